The number of ether oxygens (including phenoxy) is 2. The number of nitrogens with two attached hydrogens (primary N) is 1. The smallest absolute Gasteiger partial charge is 0.326 e. The maximum atomic E-state index is 12.0. The third kappa shape index (κ3) is 9.10. The predicted molar refractivity (Wildman–Crippen MR) is 143 cm³/mol. The number of carboxylic acid groups (broad SMARTS) is 1. The Kier molecular flexibility index (Phi) is 10.8. The molecule has 4 N–H and O–H groups in total. The van der Waals surface area contributed by atoms with Crippen molar-refractivity contribution in [3.63, 3.8) is 0 Å². The molecule has 0 saturated carbocycles. The van der Waals surface area contributed by atoms with Crippen LogP contribution in [0.5, 0.6) is 5.88 Å². The zero-order chi connectivity index (χ0) is 26.6. The van der Waals surface area contributed by atoms with E-state index in [1.807, 2.05) is 44.2 Å². The van der Waals surface area contributed by atoms with Crippen molar-refractivity contribution in [1.82, 2.24) is 24.8 Å². The Hall–Kier alpha value is -3.57. The van der Waals surface area contributed by atoms with Gasteiger partial charge in [-0.25, -0.2) is 19.7 Å². The fourth-order valence-corrected chi connectivity index (χ4v) is 3.97. The van der Waals surface area contributed by atoms with Crippen LogP contribution in [0.4, 0.5) is 11.8 Å². The van der Waals surface area contributed by atoms with Crippen LogP contribution in [0.25, 0.3) is 10.9 Å². The lowest BCUT2D eigenvalue weighted by Crippen LogP contribution is -2.37. The summed E-state index contributed by atoms with van der Waals surface area (Å²) in [4.78, 5) is 31.2. The molecule has 37 heavy (non-hydrogen) atoms. The number of para-hydroxylation sites is 1. The molecule has 0 spiro atoms. The van der Waals surface area contributed by atoms with Crippen molar-refractivity contribution in [3.8, 4) is 5.88 Å². The minimum Gasteiger partial charge on any atom is -0.480 e. The van der Waals surface area contributed by atoms with E-state index in [0.29, 0.717) is 37.8 Å². The van der Waals surface area contributed by atoms with Crippen molar-refractivity contribution < 1.29 is 19.4 Å². The summed E-state index contributed by atoms with van der Waals surface area (Å²) in [5, 5.41) is 13.7. The number of aliphatic carboxylic acids is 1. The van der Waals surface area contributed by atoms with Crippen molar-refractivity contribution in [2.24, 2.45) is 0 Å². The average molecular weight is 512 g/mol. The molecule has 200 valence electrons. The Morgan fingerprint density at radius 1 is 1.14 bits per heavy atom. The molecule has 0 fully saturated rings. The number of unbranched alkanes of at least 4 members (excludes halogenated alkanes) is 1. The number of benzene rings is 1. The molecule has 11 heteroatoms. The zero-order valence-electron chi connectivity index (χ0n) is 21.8. The minimum absolute atomic E-state index is 0.00803. The second kappa shape index (κ2) is 14.2. The second-order valence-corrected chi connectivity index (χ2v) is 9.08. The molecule has 0 aliphatic heterocycles. The van der Waals surface area contributed by atoms with E-state index in [-0.39, 0.29) is 12.1 Å². The van der Waals surface area contributed by atoms with Gasteiger partial charge in [-0.1, -0.05) is 12.1 Å². The van der Waals surface area contributed by atoms with Gasteiger partial charge in [-0.15, -0.1) is 0 Å². The van der Waals surface area contributed by atoms with Gasteiger partial charge in [-0.05, 0) is 58.2 Å². The summed E-state index contributed by atoms with van der Waals surface area (Å²) in [6, 6.07) is 8.57. The maximum absolute atomic E-state index is 12.0. The number of aryl methyl sites for hydroxylation is 1. The van der Waals surface area contributed by atoms with Gasteiger partial charge in [0.25, 0.3) is 0 Å². The third-order valence-electron chi connectivity index (χ3n) is 5.78. The number of nitrogen functional groups attached to an aromatic ring is 1. The molecule has 0 bridgehead atoms. The van der Waals surface area contributed by atoms with Crippen molar-refractivity contribution >= 4 is 28.6 Å². The number of anilines is 2. The van der Waals surface area contributed by atoms with Gasteiger partial charge in [0, 0.05) is 37.3 Å². The van der Waals surface area contributed by atoms with E-state index in [4.69, 9.17) is 15.2 Å². The number of aromatic nitrogens is 4. The highest BCUT2D eigenvalue weighted by Crippen LogP contribution is 2.20. The molecule has 1 atom stereocenters. The van der Waals surface area contributed by atoms with E-state index in [9.17, 15) is 9.90 Å². The monoisotopic (exact) mass is 511 g/mol. The van der Waals surface area contributed by atoms with E-state index < -0.39 is 12.0 Å². The van der Waals surface area contributed by atoms with Gasteiger partial charge in [0.05, 0.1) is 18.2 Å². The Bertz CT molecular complexity index is 1140. The fraction of sp³-hybridized carbons (Fsp3) is 0.500. The molecule has 11 nitrogen and oxygen atoms in total. The quantitative estimate of drug-likeness (QED) is 0.244. The van der Waals surface area contributed by atoms with Crippen LogP contribution in [0, 0.1) is 0 Å². The second-order valence-electron chi connectivity index (χ2n) is 9.08. The highest BCUT2D eigenvalue weighted by atomic mass is 16.5. The first kappa shape index (κ1) is 28.0. The number of hydrogen-bond acceptors (Lipinski definition) is 10. The number of hydrogen-bond donors (Lipinski definition) is 3. The first-order valence-electron chi connectivity index (χ1n) is 12.6. The van der Waals surface area contributed by atoms with Crippen LogP contribution in [0.1, 0.15) is 38.8 Å². The summed E-state index contributed by atoms with van der Waals surface area (Å²) in [6.45, 7) is 6.57. The summed E-state index contributed by atoms with van der Waals surface area (Å²) in [5.74, 6) is 0.294. The van der Waals surface area contributed by atoms with Crippen LogP contribution in [-0.2, 0) is 16.0 Å². The number of nitrogens with one attached hydrogen (secondary N) is 1. The minimum atomic E-state index is -0.921. The first-order valence-corrected chi connectivity index (χ1v) is 12.6. The molecule has 2 aromatic heterocycles. The van der Waals surface area contributed by atoms with Crippen LogP contribution in [0.15, 0.2) is 36.7 Å². The van der Waals surface area contributed by atoms with E-state index >= 15 is 0 Å². The molecule has 0 radical (unpaired) electrons. The van der Waals surface area contributed by atoms with Crippen molar-refractivity contribution in [3.05, 3.63) is 42.4 Å². The molecule has 0 aliphatic rings. The summed E-state index contributed by atoms with van der Waals surface area (Å²) < 4.78 is 10.9. The van der Waals surface area contributed by atoms with E-state index in [1.165, 1.54) is 6.33 Å². The normalized spacial score (nSPS) is 12.2. The van der Waals surface area contributed by atoms with Gasteiger partial charge >= 0.3 is 5.97 Å². The SMILES string of the molecule is COCCN(CCCCc1cc(OC(C)C)nc(N)n1)CC[C@H](Nc1ncnc2ccccc12)C(=O)O. The average Bonchev–Trinajstić information content (AvgIpc) is 2.86. The highest BCUT2D eigenvalue weighted by Gasteiger charge is 2.20. The van der Waals surface area contributed by atoms with Crippen LogP contribution in [0.3, 0.4) is 0 Å². The van der Waals surface area contributed by atoms with Crippen molar-refractivity contribution in [2.45, 2.75) is 51.7 Å². The van der Waals surface area contributed by atoms with Gasteiger partial charge in [-0.3, -0.25) is 0 Å². The van der Waals surface area contributed by atoms with Crippen LogP contribution >= 0.6 is 0 Å². The lowest BCUT2D eigenvalue weighted by Gasteiger charge is -2.24. The number of methoxy groups -OCH3 is 1. The Morgan fingerprint density at radius 2 is 1.95 bits per heavy atom. The summed E-state index contributed by atoms with van der Waals surface area (Å²) in [7, 11) is 1.66. The molecule has 0 amide bonds. The molecule has 3 rings (SSSR count). The number of carboxylic acids is 1. The number of fused-ring (bicyclic) bond motifs is 1. The Morgan fingerprint density at radius 3 is 2.70 bits per heavy atom. The van der Waals surface area contributed by atoms with Gasteiger partial charge in [0.2, 0.25) is 11.8 Å². The third-order valence-corrected chi connectivity index (χ3v) is 5.78. The molecule has 1 aromatic carbocycles. The van der Waals surface area contributed by atoms with Crippen LogP contribution in [0.2, 0.25) is 0 Å². The van der Waals surface area contributed by atoms with Crippen LogP contribution in [-0.4, -0.2) is 81.4 Å². The molecule has 3 aromatic rings. The summed E-state index contributed by atoms with van der Waals surface area (Å²) >= 11 is 0. The lowest BCUT2D eigenvalue weighted by atomic mass is 10.1. The molecule has 0 saturated heterocycles. The van der Waals surface area contributed by atoms with E-state index in [0.717, 1.165) is 42.4 Å². The zero-order valence-corrected chi connectivity index (χ0v) is 21.8. The molecule has 2 heterocycles. The Labute approximate surface area is 217 Å². The Balaban J connectivity index is 1.54. The molecule has 0 aliphatic carbocycles. The summed E-state index contributed by atoms with van der Waals surface area (Å²) in [6.07, 6.45) is 4.42. The highest BCUT2D eigenvalue weighted by molar-refractivity contribution is 5.90. The van der Waals surface area contributed by atoms with Crippen LogP contribution < -0.4 is 15.8 Å². The number of rotatable bonds is 16. The largest absolute Gasteiger partial charge is 0.480 e. The fourth-order valence-electron chi connectivity index (χ4n) is 3.97. The molecular weight excluding hydrogens is 474 g/mol. The van der Waals surface area contributed by atoms with E-state index in [2.05, 4.69) is 30.2 Å². The molecule has 0 unspecified atom stereocenters. The molecular formula is C26H37N7O4. The number of carbonyl (C=O) groups is 1. The van der Waals surface area contributed by atoms with Crippen molar-refractivity contribution in [1.29, 1.82) is 0 Å². The topological polar surface area (TPSA) is 149 Å². The van der Waals surface area contributed by atoms with Gasteiger partial charge in [-0.2, -0.15) is 4.98 Å². The van der Waals surface area contributed by atoms with Gasteiger partial charge < -0.3 is 30.5 Å². The van der Waals surface area contributed by atoms with Gasteiger partial charge in [0.1, 0.15) is 18.2 Å². The lowest BCUT2D eigenvalue weighted by molar-refractivity contribution is -0.138. The first-order chi connectivity index (χ1) is 17.9. The standard InChI is InChI=1S/C26H37N7O4/c1-18(2)37-23-16-19(30-26(27)32-23)8-6-7-12-33(14-15-36-3)13-11-22(25(34)35)31-24-20-9-4-5-10-21(20)28-17-29-24/h4-5,9-10,16-18,22H,6-8,11-15H2,1-3H3,(H,34,35)(H2,27,30,32)(H,28,29,31)/t22-/m0/s1. The van der Waals surface area contributed by atoms with E-state index in [1.54, 1.807) is 7.11 Å². The maximum Gasteiger partial charge on any atom is 0.326 e. The number of nitrogens with zero attached hydrogens (tertiary/aromatic N) is 5. The summed E-state index contributed by atoms with van der Waals surface area (Å²) in [5.41, 5.74) is 7.44. The van der Waals surface area contributed by atoms with Crippen molar-refractivity contribution in [2.75, 3.05) is 44.4 Å². The predicted octanol–water partition coefficient (Wildman–Crippen LogP) is 3.02. The van der Waals surface area contributed by atoms with Gasteiger partial charge in [0.15, 0.2) is 0 Å².